The zero-order valence-electron chi connectivity index (χ0n) is 20.6. The summed E-state index contributed by atoms with van der Waals surface area (Å²) in [6, 6.07) is 9.91. The number of benzene rings is 1. The van der Waals surface area contributed by atoms with Gasteiger partial charge in [0, 0.05) is 67.9 Å². The molecular formula is C27H34N4O4. The number of pyridine rings is 1. The van der Waals surface area contributed by atoms with E-state index in [1.54, 1.807) is 6.07 Å². The normalized spacial score (nSPS) is 17.1. The summed E-state index contributed by atoms with van der Waals surface area (Å²) >= 11 is 0. The average molecular weight is 479 g/mol. The molecule has 2 saturated heterocycles. The highest BCUT2D eigenvalue weighted by atomic mass is 16.5. The van der Waals surface area contributed by atoms with Crippen molar-refractivity contribution in [2.24, 2.45) is 0 Å². The van der Waals surface area contributed by atoms with E-state index in [1.165, 1.54) is 5.56 Å². The minimum Gasteiger partial charge on any atom is -0.492 e. The van der Waals surface area contributed by atoms with Crippen LogP contribution in [-0.2, 0) is 15.9 Å². The molecule has 35 heavy (non-hydrogen) atoms. The van der Waals surface area contributed by atoms with Crippen molar-refractivity contribution in [3.63, 3.8) is 0 Å². The highest BCUT2D eigenvalue weighted by Crippen LogP contribution is 2.25. The predicted octanol–water partition coefficient (Wildman–Crippen LogP) is 3.15. The Hall–Kier alpha value is -2.94. The molecule has 2 aliphatic rings. The number of Topliss-reactive ketones (excluding diaryl/α,β-unsaturated/α-hetero) is 1. The molecule has 186 valence electrons. The van der Waals surface area contributed by atoms with Gasteiger partial charge < -0.3 is 24.1 Å². The maximum Gasteiger partial charge on any atom is 0.185 e. The van der Waals surface area contributed by atoms with E-state index in [4.69, 9.17) is 19.2 Å². The third kappa shape index (κ3) is 5.66. The molecule has 0 unspecified atom stereocenters. The van der Waals surface area contributed by atoms with Gasteiger partial charge in [0.1, 0.15) is 23.9 Å². The van der Waals surface area contributed by atoms with Crippen LogP contribution < -0.4 is 9.64 Å². The van der Waals surface area contributed by atoms with Crippen molar-refractivity contribution < 1.29 is 19.0 Å². The number of aryl methyl sites for hydroxylation is 2. The number of hydrogen-bond donors (Lipinski definition) is 1. The number of H-pyrrole nitrogens is 1. The number of ether oxygens (including phenoxy) is 3. The second-order valence-electron chi connectivity index (χ2n) is 9.30. The van der Waals surface area contributed by atoms with Crippen LogP contribution in [0.15, 0.2) is 30.3 Å². The van der Waals surface area contributed by atoms with E-state index in [0.717, 1.165) is 73.9 Å². The highest BCUT2D eigenvalue weighted by molar-refractivity contribution is 5.97. The van der Waals surface area contributed by atoms with Crippen molar-refractivity contribution in [1.82, 2.24) is 14.9 Å². The Morgan fingerprint density at radius 2 is 1.77 bits per heavy atom. The van der Waals surface area contributed by atoms with E-state index >= 15 is 0 Å². The molecule has 2 aliphatic heterocycles. The van der Waals surface area contributed by atoms with E-state index in [-0.39, 0.29) is 5.78 Å². The fourth-order valence-electron chi connectivity index (χ4n) is 4.68. The Morgan fingerprint density at radius 3 is 2.54 bits per heavy atom. The van der Waals surface area contributed by atoms with E-state index in [9.17, 15) is 4.79 Å². The van der Waals surface area contributed by atoms with Crippen LogP contribution in [0.3, 0.4) is 0 Å². The van der Waals surface area contributed by atoms with Crippen LogP contribution in [0, 0.1) is 13.8 Å². The van der Waals surface area contributed by atoms with E-state index in [2.05, 4.69) is 40.8 Å². The van der Waals surface area contributed by atoms with Gasteiger partial charge >= 0.3 is 0 Å². The van der Waals surface area contributed by atoms with Crippen LogP contribution in [0.4, 0.5) is 5.82 Å². The van der Waals surface area contributed by atoms with E-state index in [1.807, 2.05) is 12.1 Å². The van der Waals surface area contributed by atoms with Gasteiger partial charge in [0.25, 0.3) is 0 Å². The topological polar surface area (TPSA) is 79.9 Å². The molecule has 0 atom stereocenters. The van der Waals surface area contributed by atoms with Crippen molar-refractivity contribution in [2.75, 3.05) is 70.7 Å². The minimum atomic E-state index is -0.0117. The molecule has 1 N–H and O–H groups in total. The molecule has 4 heterocycles. The van der Waals surface area contributed by atoms with Gasteiger partial charge in [-0.15, -0.1) is 0 Å². The van der Waals surface area contributed by atoms with Crippen LogP contribution in [0.1, 0.15) is 27.3 Å². The molecule has 2 aromatic heterocycles. The number of aromatic amines is 1. The number of fused-ring (bicyclic) bond motifs is 1. The Balaban J connectivity index is 1.34. The first kappa shape index (κ1) is 23.8. The third-order valence-electron chi connectivity index (χ3n) is 6.92. The summed E-state index contributed by atoms with van der Waals surface area (Å²) in [5.74, 6) is 1.45. The maximum atomic E-state index is 13.4. The fraction of sp³-hybridized carbons (Fsp3) is 0.481. The van der Waals surface area contributed by atoms with Gasteiger partial charge in [-0.1, -0.05) is 6.07 Å². The molecule has 3 aromatic rings. The third-order valence-corrected chi connectivity index (χ3v) is 6.92. The van der Waals surface area contributed by atoms with Crippen molar-refractivity contribution in [3.8, 4) is 5.75 Å². The first-order valence-electron chi connectivity index (χ1n) is 12.5. The van der Waals surface area contributed by atoms with Crippen LogP contribution in [0.2, 0.25) is 0 Å². The molecular weight excluding hydrogens is 444 g/mol. The molecule has 2 fully saturated rings. The number of ketones is 1. The second kappa shape index (κ2) is 10.8. The lowest BCUT2D eigenvalue weighted by Gasteiger charge is -2.28. The first-order chi connectivity index (χ1) is 17.1. The summed E-state index contributed by atoms with van der Waals surface area (Å²) in [4.78, 5) is 26.0. The number of hydrogen-bond acceptors (Lipinski definition) is 7. The van der Waals surface area contributed by atoms with Crippen LogP contribution in [0.25, 0.3) is 10.9 Å². The molecule has 0 spiro atoms. The van der Waals surface area contributed by atoms with Gasteiger partial charge in [-0.3, -0.25) is 9.69 Å². The van der Waals surface area contributed by atoms with Gasteiger partial charge in [-0.05, 0) is 37.1 Å². The number of morpholine rings is 2. The molecule has 0 radical (unpaired) electrons. The highest BCUT2D eigenvalue weighted by Gasteiger charge is 2.19. The zero-order valence-corrected chi connectivity index (χ0v) is 20.6. The molecule has 1 aromatic carbocycles. The van der Waals surface area contributed by atoms with Gasteiger partial charge in [-0.2, -0.15) is 0 Å². The Kier molecular flexibility index (Phi) is 7.32. The van der Waals surface area contributed by atoms with Gasteiger partial charge in [-0.25, -0.2) is 4.98 Å². The zero-order chi connectivity index (χ0) is 24.2. The van der Waals surface area contributed by atoms with Gasteiger partial charge in [0.05, 0.1) is 26.4 Å². The van der Waals surface area contributed by atoms with E-state index in [0.29, 0.717) is 37.7 Å². The molecule has 8 nitrogen and oxygen atoms in total. The predicted molar refractivity (Wildman–Crippen MR) is 136 cm³/mol. The van der Waals surface area contributed by atoms with Crippen molar-refractivity contribution in [2.45, 2.75) is 20.3 Å². The Bertz CT molecular complexity index is 1180. The summed E-state index contributed by atoms with van der Waals surface area (Å²) in [6.07, 6.45) is 0.298. The minimum absolute atomic E-state index is 0.0117. The number of carbonyl (C=O) groups is 1. The molecule has 5 rings (SSSR count). The Morgan fingerprint density at radius 1 is 1.03 bits per heavy atom. The molecule has 0 bridgehead atoms. The number of nitrogens with one attached hydrogen (secondary N) is 1. The number of nitrogens with zero attached hydrogens (tertiary/aromatic N) is 3. The van der Waals surface area contributed by atoms with Crippen LogP contribution >= 0.6 is 0 Å². The summed E-state index contributed by atoms with van der Waals surface area (Å²) in [5, 5.41) is 1.16. The van der Waals surface area contributed by atoms with Crippen molar-refractivity contribution in [1.29, 1.82) is 0 Å². The fourth-order valence-corrected chi connectivity index (χ4v) is 4.68. The molecule has 8 heteroatoms. The van der Waals surface area contributed by atoms with Crippen molar-refractivity contribution >= 4 is 22.5 Å². The lowest BCUT2D eigenvalue weighted by Crippen LogP contribution is -2.38. The monoisotopic (exact) mass is 478 g/mol. The summed E-state index contributed by atoms with van der Waals surface area (Å²) in [6.45, 7) is 11.8. The van der Waals surface area contributed by atoms with Gasteiger partial charge in [0.2, 0.25) is 0 Å². The second-order valence-corrected chi connectivity index (χ2v) is 9.30. The lowest BCUT2D eigenvalue weighted by atomic mass is 10.0. The number of carbonyl (C=O) groups excluding carboxylic acids is 1. The summed E-state index contributed by atoms with van der Waals surface area (Å²) in [5.41, 5.74) is 4.90. The summed E-state index contributed by atoms with van der Waals surface area (Å²) in [7, 11) is 0. The molecule has 0 amide bonds. The van der Waals surface area contributed by atoms with Gasteiger partial charge in [0.15, 0.2) is 5.78 Å². The van der Waals surface area contributed by atoms with Crippen LogP contribution in [-0.4, -0.2) is 86.4 Å². The summed E-state index contributed by atoms with van der Waals surface area (Å²) < 4.78 is 17.0. The average Bonchev–Trinajstić information content (AvgIpc) is 3.18. The number of anilines is 1. The van der Waals surface area contributed by atoms with Crippen LogP contribution in [0.5, 0.6) is 5.75 Å². The Labute approximate surface area is 206 Å². The smallest absolute Gasteiger partial charge is 0.185 e. The van der Waals surface area contributed by atoms with Crippen molar-refractivity contribution in [3.05, 3.63) is 52.8 Å². The largest absolute Gasteiger partial charge is 0.492 e. The maximum absolute atomic E-state index is 13.4. The molecule has 0 aliphatic carbocycles. The first-order valence-corrected chi connectivity index (χ1v) is 12.5. The lowest BCUT2D eigenvalue weighted by molar-refractivity contribution is 0.0322. The standard InChI is InChI=1S/C27H34N4O4/c1-19-20(2)28-24-4-3-21(15-23(19)24)16-26(32)25-17-22(35-14-7-30-5-10-33-11-6-30)18-27(29-25)31-8-12-34-13-9-31/h3-4,15,17-18,28H,5-14,16H2,1-2H3. The SMILES string of the molecule is Cc1[nH]c2ccc(CC(=O)c3cc(OCCN4CCOCC4)cc(N4CCOCC4)n3)cc2c1C. The molecule has 0 saturated carbocycles. The number of rotatable bonds is 8. The number of aromatic nitrogens is 2. The quantitative estimate of drug-likeness (QED) is 0.498. The van der Waals surface area contributed by atoms with E-state index < -0.39 is 0 Å².